The Labute approximate surface area is 513 Å². The van der Waals surface area contributed by atoms with Gasteiger partial charge in [-0.1, -0.05) is 135 Å². The van der Waals surface area contributed by atoms with Gasteiger partial charge in [0.05, 0.1) is 0 Å². The molecule has 0 N–H and O–H groups in total. The number of alkyl halides is 6. The summed E-state index contributed by atoms with van der Waals surface area (Å²) >= 11 is 40.7. The number of hydrogen-bond acceptors (Lipinski definition) is 12. The molecule has 0 spiro atoms. The largest absolute Gasteiger partial charge is 0.305 e. The zero-order valence-corrected chi connectivity index (χ0v) is 55.3. The molecule has 12 nitrogen and oxygen atoms in total. The van der Waals surface area contributed by atoms with Gasteiger partial charge in [-0.05, 0) is 119 Å². The van der Waals surface area contributed by atoms with Crippen LogP contribution in [0.1, 0.15) is 124 Å². The Hall–Kier alpha value is 2.30. The Balaban J connectivity index is 0.000000382. The molecule has 0 aromatic carbocycles. The van der Waals surface area contributed by atoms with Crippen molar-refractivity contribution in [1.82, 2.24) is 58.8 Å². The zero-order valence-electron chi connectivity index (χ0n) is 48.4. The first-order valence-electron chi connectivity index (χ1n) is 29.8. The molecule has 75 heavy (non-hydrogen) atoms. The molecule has 0 amide bonds. The van der Waals surface area contributed by atoms with Crippen LogP contribution < -0.4 is 0 Å². The molecule has 6 unspecified atom stereocenters. The number of rotatable bonds is 13. The first kappa shape index (κ1) is 73.4. The minimum atomic E-state index is -0.748. The van der Waals surface area contributed by atoms with Crippen LogP contribution in [0.25, 0.3) is 0 Å². The van der Waals surface area contributed by atoms with Gasteiger partial charge in [0.25, 0.3) is 0 Å². The van der Waals surface area contributed by atoms with Gasteiger partial charge in [0.1, 0.15) is 0 Å². The molecule has 2 radical (unpaired) electrons. The molecule has 20 heteroatoms. The first-order chi connectivity index (χ1) is 35.0. The third kappa shape index (κ3) is 30.6. The maximum absolute atomic E-state index is 6.84. The van der Waals surface area contributed by atoms with E-state index in [9.17, 15) is 0 Å². The Morgan fingerprint density at radius 3 is 0.867 bits per heavy atom. The zero-order chi connectivity index (χ0) is 53.0. The van der Waals surface area contributed by atoms with E-state index in [4.69, 9.17) is 69.6 Å². The summed E-state index contributed by atoms with van der Waals surface area (Å²) in [6.07, 6.45) is 19.3. The summed E-state index contributed by atoms with van der Waals surface area (Å²) in [5.41, 5.74) is 0. The molecule has 6 rings (SSSR count). The number of unbranched alkanes of at least 4 members (excludes halogenated alkanes) is 7. The summed E-state index contributed by atoms with van der Waals surface area (Å²) in [6.45, 7) is 39.3. The van der Waals surface area contributed by atoms with Crippen LogP contribution in [0.15, 0.2) is 0 Å². The third-order valence-electron chi connectivity index (χ3n) is 16.6. The molecule has 6 atom stereocenters. The first-order valence-corrected chi connectivity index (χ1v) is 32.1. The van der Waals surface area contributed by atoms with E-state index in [1.807, 2.05) is 0 Å². The Morgan fingerprint density at radius 1 is 0.280 bits per heavy atom. The maximum Gasteiger partial charge on any atom is 0.172 e. The Morgan fingerprint density at radius 2 is 0.547 bits per heavy atom. The van der Waals surface area contributed by atoms with Crippen molar-refractivity contribution in [2.24, 2.45) is 0 Å². The molecule has 0 saturated carbocycles. The van der Waals surface area contributed by atoms with Crippen LogP contribution in [0.4, 0.5) is 0 Å². The number of likely N-dealkylation sites (N-methyl/N-ethyl adjacent to an activating group) is 3. The predicted molar refractivity (Wildman–Crippen MR) is 320 cm³/mol. The molecule has 6 bridgehead atoms. The number of halogens is 6. The molecule has 6 fully saturated rings. The van der Waals surface area contributed by atoms with Crippen molar-refractivity contribution in [3.63, 3.8) is 0 Å². The van der Waals surface area contributed by atoms with E-state index >= 15 is 0 Å². The van der Waals surface area contributed by atoms with E-state index in [0.29, 0.717) is 0 Å². The minimum absolute atomic E-state index is 0. The predicted octanol–water partition coefficient (Wildman–Crippen LogP) is 9.24. The molecule has 6 aliphatic rings. The fourth-order valence-corrected chi connectivity index (χ4v) is 12.6. The van der Waals surface area contributed by atoms with Crippen molar-refractivity contribution in [3.8, 4) is 0 Å². The van der Waals surface area contributed by atoms with Gasteiger partial charge in [-0.15, -0.1) is 0 Å². The molecule has 0 aliphatic carbocycles. The van der Waals surface area contributed by atoms with Crippen molar-refractivity contribution in [2.45, 2.75) is 137 Å². The van der Waals surface area contributed by atoms with Gasteiger partial charge in [-0.3, -0.25) is 14.7 Å². The SMILES string of the molecule is CCCCCCCCN1CCN2CCCN(C)CCN(CC2)C(Cl)(Cl)CC1.CCCCN1CCN2CCCN(C)CCN(CC2)C(Cl)(Cl)CC1.CCCCN1CCN2CCCN(C)CCN(CC2)C(Cl)(Cl)CC1.[Mn].[Mn]. The second-order valence-electron chi connectivity index (χ2n) is 22.7. The summed E-state index contributed by atoms with van der Waals surface area (Å²) in [5.74, 6) is 0. The summed E-state index contributed by atoms with van der Waals surface area (Å²) in [7, 11) is 6.61. The van der Waals surface area contributed by atoms with Crippen molar-refractivity contribution >= 4 is 69.6 Å². The normalized spacial score (nSPS) is 29.9. The van der Waals surface area contributed by atoms with Gasteiger partial charge in [-0.25, -0.2) is 0 Å². The van der Waals surface area contributed by atoms with Gasteiger partial charge >= 0.3 is 0 Å². The molecule has 6 saturated heterocycles. The molecule has 446 valence electrons. The van der Waals surface area contributed by atoms with Crippen LogP contribution in [-0.2, 0) is 34.1 Å². The molecule has 0 aromatic rings. The van der Waals surface area contributed by atoms with Crippen molar-refractivity contribution < 1.29 is 34.1 Å². The number of fused-ring (bicyclic) bond motifs is 9. The average molecular weight is 1260 g/mol. The minimum Gasteiger partial charge on any atom is -0.305 e. The summed E-state index contributed by atoms with van der Waals surface area (Å²) < 4.78 is -2.23. The van der Waals surface area contributed by atoms with Crippen molar-refractivity contribution in [1.29, 1.82) is 0 Å². The molecular weight excluding hydrogens is 1150 g/mol. The summed E-state index contributed by atoms with van der Waals surface area (Å²) in [5, 5.41) is 0. The van der Waals surface area contributed by atoms with Gasteiger partial charge < -0.3 is 44.1 Å². The Kier molecular flexibility index (Phi) is 40.5. The Bertz CT molecular complexity index is 1340. The van der Waals surface area contributed by atoms with Crippen LogP contribution in [0, 0.1) is 0 Å². The average Bonchev–Trinajstić information content (AvgIpc) is 3.36. The van der Waals surface area contributed by atoms with Crippen LogP contribution in [-0.4, -0.2) is 290 Å². The van der Waals surface area contributed by atoms with E-state index in [0.717, 1.165) is 170 Å². The fraction of sp³-hybridized carbons (Fsp3) is 1.00. The van der Waals surface area contributed by atoms with Crippen LogP contribution >= 0.6 is 69.6 Å². The standard InChI is InChI=1S/C21H42Cl2N4.2C17H34Cl2N4.2Mn/c1-3-4-5-6-7-8-12-25-14-10-21(22,23)27-19-15-24(2)11-9-13-26(17-16-25)18-20-27;2*1-3-4-8-21-10-6-17(18,19)23-15-11-20(2)7-5-9-22(13-12-21)14-16-23;;/h3-20H2,1-2H3;2*3-16H2,1-2H3;;. The van der Waals surface area contributed by atoms with Gasteiger partial charge in [-0.2, -0.15) is 0 Å². The second kappa shape index (κ2) is 41.3. The van der Waals surface area contributed by atoms with E-state index in [2.05, 4.69) is 101 Å². The quantitative estimate of drug-likeness (QED) is 0.0765. The number of nitrogens with zero attached hydrogens (tertiary/aromatic N) is 12. The monoisotopic (exact) mass is 1260 g/mol. The van der Waals surface area contributed by atoms with Crippen molar-refractivity contribution in [3.05, 3.63) is 0 Å². The van der Waals surface area contributed by atoms with E-state index in [-0.39, 0.29) is 34.1 Å². The van der Waals surface area contributed by atoms with Crippen LogP contribution in [0.2, 0.25) is 0 Å². The molecule has 6 heterocycles. The smallest absolute Gasteiger partial charge is 0.172 e. The van der Waals surface area contributed by atoms with E-state index < -0.39 is 13.4 Å². The van der Waals surface area contributed by atoms with Gasteiger partial charge in [0.15, 0.2) is 13.4 Å². The summed E-state index contributed by atoms with van der Waals surface area (Å²) in [6, 6.07) is 0. The van der Waals surface area contributed by atoms with E-state index in [1.165, 1.54) is 129 Å². The number of hydrogen-bond donors (Lipinski definition) is 0. The van der Waals surface area contributed by atoms with Crippen molar-refractivity contribution in [2.75, 3.05) is 217 Å². The topological polar surface area (TPSA) is 38.9 Å². The third-order valence-corrected chi connectivity index (χ3v) is 19.2. The fourth-order valence-electron chi connectivity index (χ4n) is 11.1. The van der Waals surface area contributed by atoms with Gasteiger partial charge in [0.2, 0.25) is 0 Å². The summed E-state index contributed by atoms with van der Waals surface area (Å²) in [4.78, 5) is 29.6. The molecule has 6 aliphatic heterocycles. The van der Waals surface area contributed by atoms with Crippen LogP contribution in [0.3, 0.4) is 0 Å². The van der Waals surface area contributed by atoms with Crippen LogP contribution in [0.5, 0.6) is 0 Å². The maximum atomic E-state index is 6.84. The van der Waals surface area contributed by atoms with Gasteiger partial charge in [0, 0.05) is 191 Å². The molecule has 0 aromatic heterocycles. The molecular formula is C55H110Cl6Mn2N12. The second-order valence-corrected chi connectivity index (χ2v) is 27.0. The van der Waals surface area contributed by atoms with E-state index in [1.54, 1.807) is 0 Å².